The molecule has 2 amide bonds. The molecule has 2 aliphatic heterocycles. The van der Waals surface area contributed by atoms with E-state index in [4.69, 9.17) is 14.0 Å². The van der Waals surface area contributed by atoms with Crippen molar-refractivity contribution in [2.24, 2.45) is 0 Å². The molecule has 9 nitrogen and oxygen atoms in total. The zero-order chi connectivity index (χ0) is 24.2. The Hall–Kier alpha value is -4.14. The number of carbonyl (C=O) groups is 3. The maximum Gasteiger partial charge on any atom is 0.354 e. The smallest absolute Gasteiger partial charge is 0.354 e. The van der Waals surface area contributed by atoms with Gasteiger partial charge in [-0.15, -0.1) is 0 Å². The summed E-state index contributed by atoms with van der Waals surface area (Å²) < 4.78 is 16.3. The summed E-state index contributed by atoms with van der Waals surface area (Å²) in [5, 5.41) is 4.07. The second-order valence-corrected chi connectivity index (χ2v) is 8.95. The van der Waals surface area contributed by atoms with Crippen molar-refractivity contribution in [2.75, 3.05) is 12.0 Å². The summed E-state index contributed by atoms with van der Waals surface area (Å²) in [5.74, 6) is 0.00375. The molecule has 3 heterocycles. The lowest BCUT2D eigenvalue weighted by molar-refractivity contribution is -0.159. The first-order valence-electron chi connectivity index (χ1n) is 11.6. The van der Waals surface area contributed by atoms with E-state index in [1.165, 1.54) is 4.90 Å². The van der Waals surface area contributed by atoms with Gasteiger partial charge in [-0.25, -0.2) is 4.79 Å². The summed E-state index contributed by atoms with van der Waals surface area (Å²) in [6.07, 6.45) is 1.93. The lowest BCUT2D eigenvalue weighted by Gasteiger charge is -2.48. The molecule has 0 bridgehead atoms. The Bertz CT molecular complexity index is 1330. The molecular formula is C26H23N3O6. The number of hydrogen-bond acceptors (Lipinski definition) is 7. The summed E-state index contributed by atoms with van der Waals surface area (Å²) in [6.45, 7) is -0.167. The minimum atomic E-state index is -1.48. The number of para-hydroxylation sites is 1. The molecule has 1 aliphatic carbocycles. The van der Waals surface area contributed by atoms with E-state index >= 15 is 0 Å². The van der Waals surface area contributed by atoms with Gasteiger partial charge in [0.1, 0.15) is 11.4 Å². The number of nitrogens with zero attached hydrogens (tertiary/aromatic N) is 3. The van der Waals surface area contributed by atoms with Gasteiger partial charge >= 0.3 is 5.97 Å². The van der Waals surface area contributed by atoms with Gasteiger partial charge in [0, 0.05) is 30.5 Å². The van der Waals surface area contributed by atoms with Gasteiger partial charge < -0.3 is 18.9 Å². The van der Waals surface area contributed by atoms with E-state index in [1.807, 2.05) is 24.3 Å². The molecule has 0 unspecified atom stereocenters. The van der Waals surface area contributed by atoms with Crippen LogP contribution in [0.3, 0.4) is 0 Å². The molecule has 2 aromatic carbocycles. The Morgan fingerprint density at radius 2 is 1.91 bits per heavy atom. The first-order chi connectivity index (χ1) is 17.0. The van der Waals surface area contributed by atoms with Crippen molar-refractivity contribution in [1.29, 1.82) is 0 Å². The van der Waals surface area contributed by atoms with Gasteiger partial charge in [0.15, 0.2) is 12.4 Å². The van der Waals surface area contributed by atoms with Crippen molar-refractivity contribution in [3.05, 3.63) is 65.9 Å². The van der Waals surface area contributed by atoms with Crippen LogP contribution in [0.4, 0.5) is 5.69 Å². The van der Waals surface area contributed by atoms with Crippen LogP contribution in [0.25, 0.3) is 11.3 Å². The number of fused-ring (bicyclic) bond motifs is 3. The van der Waals surface area contributed by atoms with Crippen LogP contribution in [0.1, 0.15) is 41.8 Å². The molecule has 178 valence electrons. The lowest BCUT2D eigenvalue weighted by Crippen LogP contribution is -2.69. The highest BCUT2D eigenvalue weighted by molar-refractivity contribution is 6.15. The number of methoxy groups -OCH3 is 1. The fourth-order valence-corrected chi connectivity index (χ4v) is 5.04. The predicted molar refractivity (Wildman–Crippen MR) is 123 cm³/mol. The van der Waals surface area contributed by atoms with E-state index in [0.29, 0.717) is 22.7 Å². The topological polar surface area (TPSA) is 102 Å². The third-order valence-corrected chi connectivity index (χ3v) is 6.83. The average molecular weight is 473 g/mol. The standard InChI is InChI=1S/C26H23N3O6/c1-33-18-10-6-16(7-11-18)21-14-19(35-27-21)15-34-25(32)26-13-12-23(30)29(26)22-5-3-2-4-20(22)24(31)28(26)17-8-9-17/h2-7,10-11,14,17H,8-9,12-13,15H2,1H3/t26-/m1/s1. The Morgan fingerprint density at radius 3 is 2.66 bits per heavy atom. The number of carbonyl (C=O) groups excluding carboxylic acids is 3. The molecule has 1 saturated heterocycles. The van der Waals surface area contributed by atoms with Crippen molar-refractivity contribution in [3.63, 3.8) is 0 Å². The Labute approximate surface area is 201 Å². The number of rotatable bonds is 6. The van der Waals surface area contributed by atoms with Crippen LogP contribution in [0.2, 0.25) is 0 Å². The largest absolute Gasteiger partial charge is 0.497 e. The number of hydrogen-bond donors (Lipinski definition) is 0. The van der Waals surface area contributed by atoms with Crippen molar-refractivity contribution < 1.29 is 28.4 Å². The molecule has 6 rings (SSSR count). The summed E-state index contributed by atoms with van der Waals surface area (Å²) >= 11 is 0. The van der Waals surface area contributed by atoms with E-state index < -0.39 is 11.6 Å². The van der Waals surface area contributed by atoms with Crippen LogP contribution in [0, 0.1) is 0 Å². The van der Waals surface area contributed by atoms with E-state index in [2.05, 4.69) is 5.16 Å². The van der Waals surface area contributed by atoms with Crippen molar-refractivity contribution >= 4 is 23.5 Å². The molecule has 3 aromatic rings. The van der Waals surface area contributed by atoms with Gasteiger partial charge in [0.05, 0.1) is 18.4 Å². The SMILES string of the molecule is COc1ccc(-c2cc(COC(=O)[C@@]34CCC(=O)N3c3ccccc3C(=O)N4C3CC3)on2)cc1. The minimum absolute atomic E-state index is 0.0937. The van der Waals surface area contributed by atoms with Crippen LogP contribution < -0.4 is 9.64 Å². The monoisotopic (exact) mass is 473 g/mol. The number of benzene rings is 2. The van der Waals surface area contributed by atoms with Crippen LogP contribution in [0.5, 0.6) is 5.75 Å². The second kappa shape index (κ2) is 7.97. The first kappa shape index (κ1) is 21.4. The van der Waals surface area contributed by atoms with Gasteiger partial charge in [0.2, 0.25) is 11.6 Å². The zero-order valence-electron chi connectivity index (χ0n) is 19.1. The summed E-state index contributed by atoms with van der Waals surface area (Å²) in [6, 6.07) is 15.9. The Kier molecular flexibility index (Phi) is 4.87. The normalized spacial score (nSPS) is 21.1. The minimum Gasteiger partial charge on any atom is -0.497 e. The average Bonchev–Trinajstić information content (AvgIpc) is 3.49. The van der Waals surface area contributed by atoms with Gasteiger partial charge in [-0.3, -0.25) is 14.5 Å². The summed E-state index contributed by atoms with van der Waals surface area (Å²) in [4.78, 5) is 43.2. The van der Waals surface area contributed by atoms with Crippen LogP contribution in [0.15, 0.2) is 59.1 Å². The molecule has 0 radical (unpaired) electrons. The molecule has 0 spiro atoms. The first-order valence-corrected chi connectivity index (χ1v) is 11.6. The maximum atomic E-state index is 13.7. The number of ether oxygens (including phenoxy) is 2. The van der Waals surface area contributed by atoms with E-state index in [1.54, 1.807) is 42.3 Å². The number of amides is 2. The maximum absolute atomic E-state index is 13.7. The van der Waals surface area contributed by atoms with Crippen molar-refractivity contribution in [1.82, 2.24) is 10.1 Å². The summed E-state index contributed by atoms with van der Waals surface area (Å²) in [5.41, 5.74) is 0.819. The highest BCUT2D eigenvalue weighted by Crippen LogP contribution is 2.49. The fourth-order valence-electron chi connectivity index (χ4n) is 5.04. The van der Waals surface area contributed by atoms with Crippen LogP contribution in [-0.4, -0.2) is 46.7 Å². The molecular weight excluding hydrogens is 450 g/mol. The number of anilines is 1. The van der Waals surface area contributed by atoms with Crippen LogP contribution >= 0.6 is 0 Å². The third-order valence-electron chi connectivity index (χ3n) is 6.83. The summed E-state index contributed by atoms with van der Waals surface area (Å²) in [7, 11) is 1.60. The highest BCUT2D eigenvalue weighted by atomic mass is 16.6. The molecule has 9 heteroatoms. The zero-order valence-corrected chi connectivity index (χ0v) is 19.1. The number of esters is 1. The lowest BCUT2D eigenvalue weighted by atomic mass is 9.96. The van der Waals surface area contributed by atoms with E-state index in [-0.39, 0.29) is 37.3 Å². The molecule has 35 heavy (non-hydrogen) atoms. The molecule has 3 aliphatic rings. The Balaban J connectivity index is 1.28. The van der Waals surface area contributed by atoms with E-state index in [9.17, 15) is 14.4 Å². The second-order valence-electron chi connectivity index (χ2n) is 8.95. The molecule has 0 N–H and O–H groups in total. The fraction of sp³-hybridized carbons (Fsp3) is 0.308. The van der Waals surface area contributed by atoms with Crippen molar-refractivity contribution in [3.8, 4) is 17.0 Å². The number of aromatic nitrogens is 1. The molecule has 1 aromatic heterocycles. The third kappa shape index (κ3) is 3.30. The van der Waals surface area contributed by atoms with Gasteiger partial charge in [-0.1, -0.05) is 17.3 Å². The Morgan fingerprint density at radius 1 is 1.14 bits per heavy atom. The van der Waals surface area contributed by atoms with Gasteiger partial charge in [-0.2, -0.15) is 0 Å². The van der Waals surface area contributed by atoms with Crippen LogP contribution in [-0.2, 0) is 20.9 Å². The quantitative estimate of drug-likeness (QED) is 0.505. The van der Waals surface area contributed by atoms with Gasteiger partial charge in [0.25, 0.3) is 5.91 Å². The van der Waals surface area contributed by atoms with Gasteiger partial charge in [-0.05, 0) is 49.2 Å². The van der Waals surface area contributed by atoms with Crippen molar-refractivity contribution in [2.45, 2.75) is 44.0 Å². The molecule has 1 saturated carbocycles. The predicted octanol–water partition coefficient (Wildman–Crippen LogP) is 3.53. The molecule has 2 fully saturated rings. The molecule has 1 atom stereocenters. The van der Waals surface area contributed by atoms with E-state index in [0.717, 1.165) is 24.2 Å². The highest BCUT2D eigenvalue weighted by Gasteiger charge is 2.64.